The number of piperazine rings is 1. The number of nitrogens with two attached hydrogens (primary N) is 1. The van der Waals surface area contributed by atoms with Crippen molar-refractivity contribution in [1.82, 2.24) is 24.0 Å². The first-order chi connectivity index (χ1) is 12.8. The lowest BCUT2D eigenvalue weighted by molar-refractivity contribution is -0.118. The van der Waals surface area contributed by atoms with Crippen molar-refractivity contribution < 1.29 is 4.79 Å². The molecule has 0 saturated carbocycles. The summed E-state index contributed by atoms with van der Waals surface area (Å²) in [6.45, 7) is 7.08. The second-order valence-corrected chi connectivity index (χ2v) is 6.91. The van der Waals surface area contributed by atoms with Gasteiger partial charge in [-0.3, -0.25) is 14.2 Å². The van der Waals surface area contributed by atoms with Crippen LogP contribution in [0.15, 0.2) is 21.2 Å². The summed E-state index contributed by atoms with van der Waals surface area (Å²) in [4.78, 5) is 43.6. The highest BCUT2D eigenvalue weighted by molar-refractivity contribution is 5.76. The van der Waals surface area contributed by atoms with E-state index in [0.717, 1.165) is 36.3 Å². The molecule has 10 heteroatoms. The molecule has 0 aromatic carbocycles. The van der Waals surface area contributed by atoms with Crippen LogP contribution in [0.5, 0.6) is 0 Å². The smallest absolute Gasteiger partial charge is 0.332 e. The van der Waals surface area contributed by atoms with Crippen molar-refractivity contribution in [2.45, 2.75) is 26.9 Å². The molecule has 27 heavy (non-hydrogen) atoms. The van der Waals surface area contributed by atoms with Crippen molar-refractivity contribution in [1.29, 1.82) is 0 Å². The van der Waals surface area contributed by atoms with Crippen molar-refractivity contribution in [3.63, 3.8) is 0 Å². The Morgan fingerprint density at radius 2 is 1.89 bits per heavy atom. The van der Waals surface area contributed by atoms with Crippen LogP contribution >= 0.6 is 0 Å². The maximum absolute atomic E-state index is 13.0. The van der Waals surface area contributed by atoms with E-state index in [1.807, 2.05) is 24.5 Å². The molecule has 1 amide bonds. The number of fused-ring (bicyclic) bond motifs is 1. The molecule has 146 valence electrons. The lowest BCUT2D eigenvalue weighted by Crippen LogP contribution is -2.44. The molecule has 3 N–H and O–H groups in total. The minimum Gasteiger partial charge on any atom is -0.368 e. The molecule has 10 nitrogen and oxygen atoms in total. The fraction of sp³-hybridized carbons (Fsp3) is 0.529. The summed E-state index contributed by atoms with van der Waals surface area (Å²) in [6, 6.07) is 0. The molecule has 2 aromatic rings. The third-order valence-corrected chi connectivity index (χ3v) is 4.61. The number of carbonyl (C=O) groups excluding carboxylic acids is 1. The molecule has 0 radical (unpaired) electrons. The number of nitrogens with zero attached hydrogens (tertiary/aromatic N) is 5. The lowest BCUT2D eigenvalue weighted by Gasteiger charge is -2.28. The van der Waals surface area contributed by atoms with Gasteiger partial charge in [-0.05, 0) is 13.8 Å². The highest BCUT2D eigenvalue weighted by atomic mass is 16.2. The number of allylic oxidation sites excluding steroid dienone is 2. The molecule has 1 fully saturated rings. The maximum atomic E-state index is 13.0. The molecule has 3 rings (SSSR count). The highest BCUT2D eigenvalue weighted by Gasteiger charge is 2.24. The Morgan fingerprint density at radius 3 is 2.48 bits per heavy atom. The third kappa shape index (κ3) is 3.52. The molecule has 3 heterocycles. The number of hydrogen-bond acceptors (Lipinski definition) is 6. The fourth-order valence-electron chi connectivity index (χ4n) is 3.21. The standard InChI is InChI=1S/C17H25N7O3/c1-11(2)4-7-23-13-14(20-16(23)22-8-5-19-6-9-22)21(3)17(27)24(15(13)26)10-12(18)25/h4,19H,5-10H2,1-3H3,(H2,18,25). The quantitative estimate of drug-likeness (QED) is 0.631. The summed E-state index contributed by atoms with van der Waals surface area (Å²) >= 11 is 0. The van der Waals surface area contributed by atoms with Crippen LogP contribution in [-0.2, 0) is 24.9 Å². The number of rotatable bonds is 5. The number of primary amides is 1. The zero-order chi connectivity index (χ0) is 19.7. The number of imidazole rings is 1. The second-order valence-electron chi connectivity index (χ2n) is 6.91. The first-order valence-corrected chi connectivity index (χ1v) is 8.88. The Labute approximate surface area is 155 Å². The molecule has 1 aliphatic heterocycles. The van der Waals surface area contributed by atoms with Crippen LogP contribution in [0.3, 0.4) is 0 Å². The largest absolute Gasteiger partial charge is 0.368 e. The van der Waals surface area contributed by atoms with E-state index in [4.69, 9.17) is 5.73 Å². The Morgan fingerprint density at radius 1 is 1.22 bits per heavy atom. The van der Waals surface area contributed by atoms with Gasteiger partial charge in [-0.1, -0.05) is 11.6 Å². The van der Waals surface area contributed by atoms with Crippen molar-refractivity contribution in [3.05, 3.63) is 32.5 Å². The number of anilines is 1. The predicted molar refractivity (Wildman–Crippen MR) is 103 cm³/mol. The number of nitrogens with one attached hydrogen (secondary N) is 1. The van der Waals surface area contributed by atoms with Gasteiger partial charge in [-0.25, -0.2) is 9.36 Å². The van der Waals surface area contributed by atoms with Crippen LogP contribution in [0.4, 0.5) is 5.95 Å². The number of hydrogen-bond donors (Lipinski definition) is 2. The summed E-state index contributed by atoms with van der Waals surface area (Å²) in [5, 5.41) is 3.29. The van der Waals surface area contributed by atoms with Gasteiger partial charge in [0, 0.05) is 39.8 Å². The van der Waals surface area contributed by atoms with Crippen molar-refractivity contribution in [3.8, 4) is 0 Å². The van der Waals surface area contributed by atoms with Crippen molar-refractivity contribution >= 4 is 23.0 Å². The van der Waals surface area contributed by atoms with Gasteiger partial charge >= 0.3 is 5.69 Å². The van der Waals surface area contributed by atoms with Crippen molar-refractivity contribution in [2.24, 2.45) is 12.8 Å². The van der Waals surface area contributed by atoms with Gasteiger partial charge < -0.3 is 20.5 Å². The molecule has 0 spiro atoms. The number of carbonyl (C=O) groups is 1. The second kappa shape index (κ2) is 7.39. The Kier molecular flexibility index (Phi) is 5.17. The van der Waals surface area contributed by atoms with Crippen LogP contribution in [0.25, 0.3) is 11.2 Å². The first-order valence-electron chi connectivity index (χ1n) is 8.88. The molecule has 0 unspecified atom stereocenters. The van der Waals surface area contributed by atoms with E-state index in [-0.39, 0.29) is 0 Å². The van der Waals surface area contributed by atoms with Crippen LogP contribution in [0, 0.1) is 0 Å². The SMILES string of the molecule is CC(C)=CCn1c(N2CCNCC2)nc2c1c(=O)n(CC(N)=O)c(=O)n2C. The summed E-state index contributed by atoms with van der Waals surface area (Å²) < 4.78 is 3.98. The van der Waals surface area contributed by atoms with Gasteiger partial charge in [-0.15, -0.1) is 0 Å². The van der Waals surface area contributed by atoms with Gasteiger partial charge in [-0.2, -0.15) is 4.98 Å². The summed E-state index contributed by atoms with van der Waals surface area (Å²) in [5.41, 5.74) is 5.77. The number of amides is 1. The van der Waals surface area contributed by atoms with E-state index >= 15 is 0 Å². The molecule has 1 aliphatic rings. The number of aromatic nitrogens is 4. The summed E-state index contributed by atoms with van der Waals surface area (Å²) in [6.07, 6.45) is 2.00. The lowest BCUT2D eigenvalue weighted by atomic mass is 10.3. The van der Waals surface area contributed by atoms with Crippen LogP contribution in [-0.4, -0.2) is 50.8 Å². The third-order valence-electron chi connectivity index (χ3n) is 4.61. The van der Waals surface area contributed by atoms with Gasteiger partial charge in [0.1, 0.15) is 6.54 Å². The minimum absolute atomic E-state index is 0.296. The molecular weight excluding hydrogens is 350 g/mol. The van der Waals surface area contributed by atoms with Crippen LogP contribution in [0.1, 0.15) is 13.8 Å². The minimum atomic E-state index is -0.744. The number of aryl methyl sites for hydroxylation is 1. The molecule has 0 atom stereocenters. The maximum Gasteiger partial charge on any atom is 0.332 e. The fourth-order valence-corrected chi connectivity index (χ4v) is 3.21. The molecular formula is C17H25N7O3. The average molecular weight is 375 g/mol. The monoisotopic (exact) mass is 375 g/mol. The first kappa shape index (κ1) is 18.9. The Bertz CT molecular complexity index is 1020. The van der Waals surface area contributed by atoms with Crippen LogP contribution < -0.4 is 27.2 Å². The summed E-state index contributed by atoms with van der Waals surface area (Å²) in [5.74, 6) is -0.0980. The van der Waals surface area contributed by atoms with E-state index < -0.39 is 23.7 Å². The van der Waals surface area contributed by atoms with Gasteiger partial charge in [0.25, 0.3) is 5.56 Å². The van der Waals surface area contributed by atoms with E-state index in [2.05, 4.69) is 15.2 Å². The van der Waals surface area contributed by atoms with Crippen molar-refractivity contribution in [2.75, 3.05) is 31.1 Å². The molecule has 0 bridgehead atoms. The van der Waals surface area contributed by atoms with E-state index in [9.17, 15) is 14.4 Å². The van der Waals surface area contributed by atoms with E-state index in [1.54, 1.807) is 7.05 Å². The molecule has 2 aromatic heterocycles. The zero-order valence-electron chi connectivity index (χ0n) is 15.9. The zero-order valence-corrected chi connectivity index (χ0v) is 15.9. The Balaban J connectivity index is 2.31. The van der Waals surface area contributed by atoms with Gasteiger partial charge in [0.2, 0.25) is 11.9 Å². The van der Waals surface area contributed by atoms with E-state index in [1.165, 1.54) is 4.57 Å². The summed E-state index contributed by atoms with van der Waals surface area (Å²) in [7, 11) is 1.54. The van der Waals surface area contributed by atoms with Gasteiger partial charge in [0.05, 0.1) is 0 Å². The normalized spacial score (nSPS) is 14.6. The average Bonchev–Trinajstić information content (AvgIpc) is 3.02. The Hall–Kier alpha value is -2.88. The topological polar surface area (TPSA) is 120 Å². The molecule has 1 saturated heterocycles. The molecule has 0 aliphatic carbocycles. The predicted octanol–water partition coefficient (Wildman–Crippen LogP) is -1.24. The van der Waals surface area contributed by atoms with Crippen LogP contribution in [0.2, 0.25) is 0 Å². The van der Waals surface area contributed by atoms with E-state index in [0.29, 0.717) is 23.7 Å². The van der Waals surface area contributed by atoms with Gasteiger partial charge in [0.15, 0.2) is 11.2 Å². The highest BCUT2D eigenvalue weighted by Crippen LogP contribution is 2.20.